The fourth-order valence-electron chi connectivity index (χ4n) is 6.18. The second-order valence-electron chi connectivity index (χ2n) is 9.24. The summed E-state index contributed by atoms with van der Waals surface area (Å²) >= 11 is 0. The van der Waals surface area contributed by atoms with Crippen LogP contribution in [-0.4, -0.2) is 46.9 Å². The van der Waals surface area contributed by atoms with Crippen LogP contribution in [0.15, 0.2) is 24.3 Å². The molecule has 1 heterocycles. The Morgan fingerprint density at radius 3 is 2.56 bits per heavy atom. The summed E-state index contributed by atoms with van der Waals surface area (Å²) in [5.74, 6) is 1.32. The Morgan fingerprint density at radius 1 is 1.19 bits per heavy atom. The molecule has 4 aliphatic carbocycles. The molecule has 4 N–H and O–H groups in total. The Balaban J connectivity index is 1.17. The minimum atomic E-state index is -0.485. The van der Waals surface area contributed by atoms with E-state index in [4.69, 9.17) is 10.5 Å². The van der Waals surface area contributed by atoms with Crippen LogP contribution in [0.2, 0.25) is 0 Å². The molecule has 27 heavy (non-hydrogen) atoms. The molecular weight excluding hydrogens is 342 g/mol. The van der Waals surface area contributed by atoms with E-state index >= 15 is 0 Å². The van der Waals surface area contributed by atoms with Crippen molar-refractivity contribution in [2.45, 2.75) is 56.3 Å². The molecule has 3 atom stereocenters. The standard InChI is InChI=1S/C21H29N3O3/c22-16-1-3-17(4-2-16)23-18-5-6-24(12-18)20(25)27-19-14-7-13-8-15(19)11-21(26,9-13)10-14/h1-4,13-15,18-19,23,26H,5-12,22H2/t13?,14?,15?,18-,19-,21-/m1/s1. The van der Waals surface area contributed by atoms with Gasteiger partial charge in [-0.15, -0.1) is 0 Å². The van der Waals surface area contributed by atoms with Crippen LogP contribution in [0.25, 0.3) is 0 Å². The number of carbonyl (C=O) groups excluding carboxylic acids is 1. The van der Waals surface area contributed by atoms with Gasteiger partial charge < -0.3 is 25.8 Å². The Morgan fingerprint density at radius 2 is 1.89 bits per heavy atom. The lowest BCUT2D eigenvalue weighted by molar-refractivity contribution is -0.177. The highest BCUT2D eigenvalue weighted by atomic mass is 16.6. The molecule has 5 aliphatic rings. The summed E-state index contributed by atoms with van der Waals surface area (Å²) in [6.45, 7) is 1.39. The second kappa shape index (κ2) is 6.30. The van der Waals surface area contributed by atoms with Crippen molar-refractivity contribution in [1.82, 2.24) is 4.90 Å². The number of carbonyl (C=O) groups is 1. The molecule has 6 rings (SSSR count). The summed E-state index contributed by atoms with van der Waals surface area (Å²) in [5, 5.41) is 14.2. The first-order valence-corrected chi connectivity index (χ1v) is 10.3. The van der Waals surface area contributed by atoms with Gasteiger partial charge in [0, 0.05) is 30.5 Å². The number of benzene rings is 1. The topological polar surface area (TPSA) is 87.8 Å². The first-order valence-electron chi connectivity index (χ1n) is 10.3. The molecule has 5 fully saturated rings. The van der Waals surface area contributed by atoms with Gasteiger partial charge in [0.2, 0.25) is 0 Å². The number of nitrogens with zero attached hydrogens (tertiary/aromatic N) is 1. The van der Waals surface area contributed by atoms with Crippen LogP contribution in [0.5, 0.6) is 0 Å². The minimum absolute atomic E-state index is 0.00145. The number of nitrogens with two attached hydrogens (primary N) is 1. The van der Waals surface area contributed by atoms with E-state index in [0.29, 0.717) is 24.3 Å². The fourth-order valence-corrected chi connectivity index (χ4v) is 6.18. The molecule has 4 saturated carbocycles. The Labute approximate surface area is 160 Å². The predicted molar refractivity (Wildman–Crippen MR) is 103 cm³/mol. The predicted octanol–water partition coefficient (Wildman–Crippen LogP) is 2.83. The zero-order valence-corrected chi connectivity index (χ0v) is 15.6. The number of nitrogen functional groups attached to an aromatic ring is 1. The van der Waals surface area contributed by atoms with Gasteiger partial charge in [0.25, 0.3) is 0 Å². The molecule has 1 aliphatic heterocycles. The summed E-state index contributed by atoms with van der Waals surface area (Å²) in [6, 6.07) is 7.93. The van der Waals surface area contributed by atoms with Crippen LogP contribution in [0.3, 0.4) is 0 Å². The van der Waals surface area contributed by atoms with Crippen molar-refractivity contribution in [1.29, 1.82) is 0 Å². The van der Waals surface area contributed by atoms with Crippen molar-refractivity contribution in [3.05, 3.63) is 24.3 Å². The molecule has 0 radical (unpaired) electrons. The van der Waals surface area contributed by atoms with Crippen molar-refractivity contribution >= 4 is 17.5 Å². The number of likely N-dealkylation sites (tertiary alicyclic amines) is 1. The van der Waals surface area contributed by atoms with Gasteiger partial charge in [-0.3, -0.25) is 0 Å². The van der Waals surface area contributed by atoms with Gasteiger partial charge in [-0.05, 0) is 80.5 Å². The van der Waals surface area contributed by atoms with Crippen molar-refractivity contribution in [2.75, 3.05) is 24.1 Å². The number of nitrogens with one attached hydrogen (secondary N) is 1. The number of amides is 1. The zero-order chi connectivity index (χ0) is 18.6. The quantitative estimate of drug-likeness (QED) is 0.711. The monoisotopic (exact) mass is 371 g/mol. The molecule has 0 aromatic heterocycles. The number of hydrogen-bond donors (Lipinski definition) is 3. The van der Waals surface area contributed by atoms with Crippen LogP contribution >= 0.6 is 0 Å². The van der Waals surface area contributed by atoms with E-state index in [1.54, 1.807) is 0 Å². The van der Waals surface area contributed by atoms with E-state index in [9.17, 15) is 9.90 Å². The number of rotatable bonds is 3. The maximum absolute atomic E-state index is 12.8. The van der Waals surface area contributed by atoms with Crippen LogP contribution in [0, 0.1) is 17.8 Å². The smallest absolute Gasteiger partial charge is 0.410 e. The first-order chi connectivity index (χ1) is 13.0. The third-order valence-electron chi connectivity index (χ3n) is 7.12. The van der Waals surface area contributed by atoms with Crippen LogP contribution in [0.4, 0.5) is 16.2 Å². The summed E-state index contributed by atoms with van der Waals surface area (Å²) in [4.78, 5) is 14.6. The number of anilines is 2. The maximum atomic E-state index is 12.8. The SMILES string of the molecule is Nc1ccc(N[C@@H]2CCN(C(=O)O[C@H]3C4CC5CC3C[C@](O)(C5)C4)C2)cc1. The highest BCUT2D eigenvalue weighted by molar-refractivity contribution is 5.68. The van der Waals surface area contributed by atoms with Crippen LogP contribution in [-0.2, 0) is 4.74 Å². The average Bonchev–Trinajstić information content (AvgIpc) is 3.07. The number of hydrogen-bond acceptors (Lipinski definition) is 5. The highest BCUT2D eigenvalue weighted by Crippen LogP contribution is 2.56. The summed E-state index contributed by atoms with van der Waals surface area (Å²) in [6.07, 6.45) is 5.51. The summed E-state index contributed by atoms with van der Waals surface area (Å²) < 4.78 is 6.00. The van der Waals surface area contributed by atoms with Gasteiger partial charge >= 0.3 is 6.09 Å². The third kappa shape index (κ3) is 3.24. The highest BCUT2D eigenvalue weighted by Gasteiger charge is 2.56. The molecule has 146 valence electrons. The van der Waals surface area contributed by atoms with Crippen LogP contribution in [0.1, 0.15) is 38.5 Å². The molecule has 2 unspecified atom stereocenters. The summed E-state index contributed by atoms with van der Waals surface area (Å²) in [7, 11) is 0. The lowest BCUT2D eigenvalue weighted by atomic mass is 9.53. The van der Waals surface area contributed by atoms with Gasteiger partial charge in [0.1, 0.15) is 6.10 Å². The van der Waals surface area contributed by atoms with Crippen molar-refractivity contribution < 1.29 is 14.6 Å². The molecule has 1 amide bonds. The van der Waals surface area contributed by atoms with Gasteiger partial charge in [-0.25, -0.2) is 4.79 Å². The van der Waals surface area contributed by atoms with E-state index in [-0.39, 0.29) is 18.2 Å². The molecule has 6 nitrogen and oxygen atoms in total. The van der Waals surface area contributed by atoms with Crippen molar-refractivity contribution in [3.8, 4) is 0 Å². The second-order valence-corrected chi connectivity index (χ2v) is 9.24. The molecule has 0 spiro atoms. The molecule has 1 aromatic rings. The van der Waals surface area contributed by atoms with E-state index in [1.165, 1.54) is 0 Å². The summed E-state index contributed by atoms with van der Waals surface area (Å²) in [5.41, 5.74) is 7.02. The molecule has 1 aromatic carbocycles. The molecule has 4 bridgehead atoms. The number of ether oxygens (including phenoxy) is 1. The first kappa shape index (κ1) is 17.2. The van der Waals surface area contributed by atoms with Gasteiger partial charge in [0.15, 0.2) is 0 Å². The van der Waals surface area contributed by atoms with E-state index < -0.39 is 5.60 Å². The Hall–Kier alpha value is -1.95. The molecule has 6 heteroatoms. The average molecular weight is 371 g/mol. The lowest BCUT2D eigenvalue weighted by Crippen LogP contribution is -2.58. The van der Waals surface area contributed by atoms with E-state index in [1.807, 2.05) is 29.2 Å². The van der Waals surface area contributed by atoms with Gasteiger partial charge in [0.05, 0.1) is 5.60 Å². The normalized spacial score (nSPS) is 39.6. The van der Waals surface area contributed by atoms with E-state index in [0.717, 1.165) is 56.4 Å². The van der Waals surface area contributed by atoms with Crippen molar-refractivity contribution in [2.24, 2.45) is 17.8 Å². The number of aliphatic hydroxyl groups is 1. The Bertz CT molecular complexity index is 706. The van der Waals surface area contributed by atoms with Crippen LogP contribution < -0.4 is 11.1 Å². The van der Waals surface area contributed by atoms with Gasteiger partial charge in [-0.1, -0.05) is 0 Å². The Kier molecular flexibility index (Phi) is 4.00. The molecular formula is C21H29N3O3. The largest absolute Gasteiger partial charge is 0.446 e. The minimum Gasteiger partial charge on any atom is -0.446 e. The van der Waals surface area contributed by atoms with Crippen molar-refractivity contribution in [3.63, 3.8) is 0 Å². The van der Waals surface area contributed by atoms with E-state index in [2.05, 4.69) is 5.32 Å². The van der Waals surface area contributed by atoms with Gasteiger partial charge in [-0.2, -0.15) is 0 Å². The third-order valence-corrected chi connectivity index (χ3v) is 7.12. The fraction of sp³-hybridized carbons (Fsp3) is 0.667. The maximum Gasteiger partial charge on any atom is 0.410 e. The molecule has 1 saturated heterocycles. The zero-order valence-electron chi connectivity index (χ0n) is 15.6. The lowest BCUT2D eigenvalue weighted by Gasteiger charge is -2.57.